The van der Waals surface area contributed by atoms with Gasteiger partial charge >= 0.3 is 0 Å². The lowest BCUT2D eigenvalue weighted by molar-refractivity contribution is -0.124. The van der Waals surface area contributed by atoms with Gasteiger partial charge in [0.1, 0.15) is 6.29 Å². The molecule has 3 saturated heterocycles. The first-order valence-electron chi connectivity index (χ1n) is 10.8. The SMILES string of the molecule is CNC(=O)[C@H]1CCN(C2NCC(C(N)=O)C(NC3CCC(C4CC4)NC3)N2)C1. The summed E-state index contributed by atoms with van der Waals surface area (Å²) < 4.78 is 0. The molecule has 7 N–H and O–H groups in total. The number of piperidine rings is 1. The van der Waals surface area contributed by atoms with Crippen LogP contribution in [0.2, 0.25) is 0 Å². The molecule has 0 radical (unpaired) electrons. The number of nitrogens with one attached hydrogen (secondary N) is 5. The highest BCUT2D eigenvalue weighted by atomic mass is 16.2. The van der Waals surface area contributed by atoms with E-state index in [1.165, 1.54) is 19.3 Å². The van der Waals surface area contributed by atoms with Crippen molar-refractivity contribution in [2.24, 2.45) is 23.5 Å². The minimum absolute atomic E-state index is 0.0239. The fraction of sp³-hybridized carbons (Fsp3) is 0.895. The molecule has 9 heteroatoms. The van der Waals surface area contributed by atoms with E-state index in [0.717, 1.165) is 31.8 Å². The molecule has 0 aromatic carbocycles. The zero-order chi connectivity index (χ0) is 19.7. The quantitative estimate of drug-likeness (QED) is 0.311. The summed E-state index contributed by atoms with van der Waals surface area (Å²) >= 11 is 0. The summed E-state index contributed by atoms with van der Waals surface area (Å²) in [5.74, 6) is 0.413. The van der Waals surface area contributed by atoms with Crippen molar-refractivity contribution in [2.45, 2.75) is 56.6 Å². The van der Waals surface area contributed by atoms with Crippen LogP contribution in [0.1, 0.15) is 32.1 Å². The van der Waals surface area contributed by atoms with Crippen LogP contribution in [0.3, 0.4) is 0 Å². The third kappa shape index (κ3) is 4.49. The number of nitrogens with zero attached hydrogens (tertiary/aromatic N) is 1. The predicted molar refractivity (Wildman–Crippen MR) is 106 cm³/mol. The lowest BCUT2D eigenvalue weighted by Crippen LogP contribution is -2.71. The van der Waals surface area contributed by atoms with Gasteiger partial charge in [0.2, 0.25) is 11.8 Å². The van der Waals surface area contributed by atoms with E-state index in [9.17, 15) is 9.59 Å². The number of carbonyl (C=O) groups is 2. The summed E-state index contributed by atoms with van der Waals surface area (Å²) in [5, 5.41) is 17.0. The number of likely N-dealkylation sites (tertiary alicyclic amines) is 1. The second kappa shape index (κ2) is 8.62. The van der Waals surface area contributed by atoms with E-state index >= 15 is 0 Å². The molecule has 158 valence electrons. The molecule has 9 nitrogen and oxygen atoms in total. The van der Waals surface area contributed by atoms with Gasteiger partial charge in [-0.3, -0.25) is 30.4 Å². The van der Waals surface area contributed by atoms with Gasteiger partial charge in [-0.15, -0.1) is 0 Å². The van der Waals surface area contributed by atoms with E-state index < -0.39 is 0 Å². The number of carbonyl (C=O) groups excluding carboxylic acids is 2. The van der Waals surface area contributed by atoms with E-state index in [1.807, 2.05) is 0 Å². The summed E-state index contributed by atoms with van der Waals surface area (Å²) in [7, 11) is 1.69. The molecular formula is C19H35N7O2. The van der Waals surface area contributed by atoms with Crippen LogP contribution in [0, 0.1) is 17.8 Å². The van der Waals surface area contributed by atoms with E-state index in [1.54, 1.807) is 7.05 Å². The maximum Gasteiger partial charge on any atom is 0.224 e. The maximum absolute atomic E-state index is 12.0. The maximum atomic E-state index is 12.0. The molecule has 4 fully saturated rings. The molecule has 1 saturated carbocycles. The molecule has 5 unspecified atom stereocenters. The normalized spacial score (nSPS) is 39.6. The average molecular weight is 394 g/mol. The molecule has 0 aromatic heterocycles. The Morgan fingerprint density at radius 2 is 1.89 bits per heavy atom. The predicted octanol–water partition coefficient (Wildman–Crippen LogP) is -1.92. The first-order chi connectivity index (χ1) is 13.5. The van der Waals surface area contributed by atoms with Gasteiger partial charge in [0.25, 0.3) is 0 Å². The fourth-order valence-electron chi connectivity index (χ4n) is 4.98. The van der Waals surface area contributed by atoms with E-state index in [2.05, 4.69) is 31.5 Å². The second-order valence-corrected chi connectivity index (χ2v) is 8.85. The molecule has 1 aliphatic carbocycles. The molecular weight excluding hydrogens is 358 g/mol. The van der Waals surface area contributed by atoms with Crippen LogP contribution in [0.25, 0.3) is 0 Å². The van der Waals surface area contributed by atoms with Crippen LogP contribution in [-0.4, -0.2) is 74.5 Å². The lowest BCUT2D eigenvalue weighted by atomic mass is 9.95. The number of nitrogens with two attached hydrogens (primary N) is 1. The van der Waals surface area contributed by atoms with Crippen molar-refractivity contribution >= 4 is 11.8 Å². The number of amides is 2. The molecule has 2 amide bonds. The van der Waals surface area contributed by atoms with Crippen LogP contribution in [0.5, 0.6) is 0 Å². The van der Waals surface area contributed by atoms with Crippen LogP contribution >= 0.6 is 0 Å². The average Bonchev–Trinajstić information content (AvgIpc) is 3.44. The van der Waals surface area contributed by atoms with Gasteiger partial charge in [0.05, 0.1) is 18.0 Å². The Kier molecular flexibility index (Phi) is 6.17. The van der Waals surface area contributed by atoms with Crippen LogP contribution in [0.15, 0.2) is 0 Å². The molecule has 3 heterocycles. The van der Waals surface area contributed by atoms with Crippen molar-refractivity contribution < 1.29 is 9.59 Å². The summed E-state index contributed by atoms with van der Waals surface area (Å²) in [6, 6.07) is 1.01. The topological polar surface area (TPSA) is 124 Å². The Morgan fingerprint density at radius 3 is 2.54 bits per heavy atom. The number of primary amides is 1. The molecule has 4 aliphatic rings. The molecule has 0 bridgehead atoms. The number of hydrogen-bond acceptors (Lipinski definition) is 7. The first-order valence-corrected chi connectivity index (χ1v) is 10.8. The summed E-state index contributed by atoms with van der Waals surface area (Å²) in [6.07, 6.45) is 5.68. The molecule has 3 aliphatic heterocycles. The second-order valence-electron chi connectivity index (χ2n) is 8.85. The van der Waals surface area contributed by atoms with Gasteiger partial charge in [-0.2, -0.15) is 0 Å². The summed E-state index contributed by atoms with van der Waals surface area (Å²) in [6.45, 7) is 3.04. The zero-order valence-corrected chi connectivity index (χ0v) is 16.7. The van der Waals surface area contributed by atoms with Crippen molar-refractivity contribution in [3.8, 4) is 0 Å². The summed E-state index contributed by atoms with van der Waals surface area (Å²) in [5.41, 5.74) is 5.67. The first kappa shape index (κ1) is 20.0. The molecule has 4 rings (SSSR count). The Bertz CT molecular complexity index is 577. The number of rotatable bonds is 6. The van der Waals surface area contributed by atoms with E-state index in [4.69, 9.17) is 5.73 Å². The van der Waals surface area contributed by atoms with Gasteiger partial charge in [0, 0.05) is 45.3 Å². The van der Waals surface area contributed by atoms with Gasteiger partial charge in [0.15, 0.2) is 0 Å². The minimum atomic E-state index is -0.297. The van der Waals surface area contributed by atoms with Crippen molar-refractivity contribution in [1.82, 2.24) is 31.5 Å². The van der Waals surface area contributed by atoms with Crippen molar-refractivity contribution in [2.75, 3.05) is 33.2 Å². The van der Waals surface area contributed by atoms with Gasteiger partial charge < -0.3 is 16.4 Å². The minimum Gasteiger partial charge on any atom is -0.369 e. The fourth-order valence-corrected chi connectivity index (χ4v) is 4.98. The Labute approximate surface area is 166 Å². The monoisotopic (exact) mass is 393 g/mol. The lowest BCUT2D eigenvalue weighted by Gasteiger charge is -2.43. The van der Waals surface area contributed by atoms with Gasteiger partial charge in [-0.1, -0.05) is 0 Å². The largest absolute Gasteiger partial charge is 0.369 e. The summed E-state index contributed by atoms with van der Waals surface area (Å²) in [4.78, 5) is 26.2. The molecule has 28 heavy (non-hydrogen) atoms. The Hall–Kier alpha value is -1.26. The van der Waals surface area contributed by atoms with Gasteiger partial charge in [-0.05, 0) is 38.0 Å². The van der Waals surface area contributed by atoms with Crippen molar-refractivity contribution in [1.29, 1.82) is 0 Å². The number of hydrogen-bond donors (Lipinski definition) is 6. The third-order valence-corrected chi connectivity index (χ3v) is 6.90. The Balaban J connectivity index is 1.32. The standard InChI is InChI=1S/C19H35N7O2/c1-21-18(28)12-6-7-26(10-12)19-23-9-14(16(20)27)17(25-19)24-13-4-5-15(22-8-13)11-2-3-11/h11-15,17,19,22-25H,2-10H2,1H3,(H2,20,27)(H,21,28)/t12-,13?,14?,15?,17?,19?/m0/s1. The highest BCUT2D eigenvalue weighted by molar-refractivity contribution is 5.79. The zero-order valence-electron chi connectivity index (χ0n) is 16.7. The smallest absolute Gasteiger partial charge is 0.224 e. The molecule has 0 aromatic rings. The van der Waals surface area contributed by atoms with E-state index in [0.29, 0.717) is 25.2 Å². The molecule has 6 atom stereocenters. The molecule has 0 spiro atoms. The van der Waals surface area contributed by atoms with Crippen molar-refractivity contribution in [3.63, 3.8) is 0 Å². The Morgan fingerprint density at radius 1 is 1.07 bits per heavy atom. The van der Waals surface area contributed by atoms with Crippen molar-refractivity contribution in [3.05, 3.63) is 0 Å². The van der Waals surface area contributed by atoms with Crippen LogP contribution < -0.4 is 32.3 Å². The van der Waals surface area contributed by atoms with Crippen LogP contribution in [0.4, 0.5) is 0 Å². The van der Waals surface area contributed by atoms with Gasteiger partial charge in [-0.25, -0.2) is 0 Å². The highest BCUT2D eigenvalue weighted by Gasteiger charge is 2.40. The third-order valence-electron chi connectivity index (χ3n) is 6.90. The highest BCUT2D eigenvalue weighted by Crippen LogP contribution is 2.35. The van der Waals surface area contributed by atoms with Crippen LogP contribution in [-0.2, 0) is 9.59 Å². The van der Waals surface area contributed by atoms with E-state index in [-0.39, 0.29) is 36.1 Å².